The van der Waals surface area contributed by atoms with Gasteiger partial charge in [0.2, 0.25) is 11.8 Å². The molecular weight excluding hydrogens is 543 g/mol. The Balaban J connectivity index is 1.13. The van der Waals surface area contributed by atoms with Crippen LogP contribution in [-0.4, -0.2) is 80.4 Å². The number of nitrogen functional groups attached to an aromatic ring is 1. The maximum Gasteiger partial charge on any atom is 0.309 e. The molecule has 0 atom stereocenters. The van der Waals surface area contributed by atoms with E-state index >= 15 is 0 Å². The third-order valence-electron chi connectivity index (χ3n) is 6.69. The highest BCUT2D eigenvalue weighted by Gasteiger charge is 2.22. The number of benzene rings is 1. The van der Waals surface area contributed by atoms with E-state index in [4.69, 9.17) is 14.9 Å². The van der Waals surface area contributed by atoms with Crippen LogP contribution >= 0.6 is 23.1 Å². The molecule has 6 rings (SSSR count). The first-order chi connectivity index (χ1) is 19.0. The molecule has 0 unspecified atom stereocenters. The van der Waals surface area contributed by atoms with Crippen molar-refractivity contribution in [3.63, 3.8) is 0 Å². The largest absolute Gasteiger partial charge is 0.493 e. The number of furan rings is 1. The minimum atomic E-state index is -0.278. The Bertz CT molecular complexity index is 1660. The van der Waals surface area contributed by atoms with Gasteiger partial charge in [-0.1, -0.05) is 11.3 Å². The van der Waals surface area contributed by atoms with Gasteiger partial charge < -0.3 is 19.8 Å². The number of nitrogens with two attached hydrogens (primary N) is 1. The number of rotatable bonds is 9. The van der Waals surface area contributed by atoms with Gasteiger partial charge in [-0.3, -0.25) is 14.3 Å². The summed E-state index contributed by atoms with van der Waals surface area (Å²) in [6, 6.07) is 8.58. The summed E-state index contributed by atoms with van der Waals surface area (Å²) >= 11 is 2.76. The maximum absolute atomic E-state index is 14.8. The predicted octanol–water partition coefficient (Wildman–Crippen LogP) is 3.05. The Morgan fingerprint density at radius 3 is 2.74 bits per heavy atom. The second-order valence-electron chi connectivity index (χ2n) is 9.07. The normalized spacial score (nSPS) is 14.6. The van der Waals surface area contributed by atoms with E-state index in [1.54, 1.807) is 40.8 Å². The zero-order valence-corrected chi connectivity index (χ0v) is 22.9. The van der Waals surface area contributed by atoms with Gasteiger partial charge >= 0.3 is 4.87 Å². The number of hydrogen-bond donors (Lipinski definition) is 1. The van der Waals surface area contributed by atoms with E-state index in [2.05, 4.69) is 20.0 Å². The van der Waals surface area contributed by atoms with Crippen molar-refractivity contribution in [2.45, 2.75) is 6.54 Å². The SMILES string of the molecule is CSCCOc1ccc(N2CCN(CCn3c(=O)sc4c3nc(N)n3nc(-c5ccco5)nc43)CC2)c(F)c1. The van der Waals surface area contributed by atoms with Crippen molar-refractivity contribution >= 4 is 50.7 Å². The number of ether oxygens (including phenoxy) is 1. The van der Waals surface area contributed by atoms with Gasteiger partial charge in [0.05, 0.1) is 18.6 Å². The van der Waals surface area contributed by atoms with Crippen molar-refractivity contribution in [2.75, 3.05) is 62.0 Å². The van der Waals surface area contributed by atoms with Crippen molar-refractivity contribution in [3.05, 3.63) is 52.1 Å². The molecule has 14 heteroatoms. The number of aromatic nitrogens is 5. The van der Waals surface area contributed by atoms with Crippen LogP contribution < -0.4 is 20.2 Å². The standard InChI is InChI=1S/C25H27FN8O3S2/c1-38-14-13-36-16-4-5-18(17(26)15-16)32-9-6-31(7-10-32)8-11-33-22-20(39-25(33)35)23-28-21(19-3-2-12-37-19)30-34(23)24(27)29-22/h2-5,12,15H,6-11,13-14H2,1H3,(H2,27,29). The lowest BCUT2D eigenvalue weighted by atomic mass is 10.2. The first-order valence-corrected chi connectivity index (χ1v) is 14.7. The van der Waals surface area contributed by atoms with E-state index in [0.717, 1.165) is 30.2 Å². The number of halogens is 1. The second-order valence-corrected chi connectivity index (χ2v) is 11.0. The van der Waals surface area contributed by atoms with Gasteiger partial charge in [0.25, 0.3) is 0 Å². The summed E-state index contributed by atoms with van der Waals surface area (Å²) in [5.41, 5.74) is 7.73. The third-order valence-corrected chi connectivity index (χ3v) is 8.23. The Kier molecular flexibility index (Phi) is 7.14. The summed E-state index contributed by atoms with van der Waals surface area (Å²) in [6.07, 6.45) is 3.55. The molecule has 0 amide bonds. The van der Waals surface area contributed by atoms with Crippen LogP contribution in [0.2, 0.25) is 0 Å². The summed E-state index contributed by atoms with van der Waals surface area (Å²) in [5, 5.41) is 4.40. The molecule has 2 N–H and O–H groups in total. The molecule has 204 valence electrons. The van der Waals surface area contributed by atoms with E-state index in [0.29, 0.717) is 71.8 Å². The van der Waals surface area contributed by atoms with Gasteiger partial charge in [0.1, 0.15) is 16.3 Å². The van der Waals surface area contributed by atoms with Gasteiger partial charge in [0.15, 0.2) is 17.1 Å². The van der Waals surface area contributed by atoms with Gasteiger partial charge in [-0.05, 0) is 30.5 Å². The zero-order chi connectivity index (χ0) is 26.9. The number of piperazine rings is 1. The Hall–Kier alpha value is -3.62. The van der Waals surface area contributed by atoms with Gasteiger partial charge in [-0.2, -0.15) is 21.3 Å². The molecule has 1 aliphatic heterocycles. The molecule has 5 aromatic rings. The minimum absolute atomic E-state index is 0.131. The van der Waals surface area contributed by atoms with Crippen LogP contribution in [0.4, 0.5) is 16.0 Å². The second kappa shape index (κ2) is 10.9. The van der Waals surface area contributed by atoms with Gasteiger partial charge in [-0.15, -0.1) is 5.10 Å². The average Bonchev–Trinajstić information content (AvgIpc) is 3.68. The van der Waals surface area contributed by atoms with Gasteiger partial charge in [-0.25, -0.2) is 9.37 Å². The highest BCUT2D eigenvalue weighted by molar-refractivity contribution is 7.98. The quantitative estimate of drug-likeness (QED) is 0.265. The highest BCUT2D eigenvalue weighted by Crippen LogP contribution is 2.27. The molecule has 1 aromatic carbocycles. The average molecular weight is 571 g/mol. The molecule has 5 heterocycles. The van der Waals surface area contributed by atoms with E-state index in [-0.39, 0.29) is 16.6 Å². The number of anilines is 2. The number of nitrogens with zero attached hydrogens (tertiary/aromatic N) is 7. The fraction of sp³-hybridized carbons (Fsp3) is 0.360. The molecule has 39 heavy (non-hydrogen) atoms. The topological polar surface area (TPSA) is 120 Å². The summed E-state index contributed by atoms with van der Waals surface area (Å²) in [4.78, 5) is 26.1. The van der Waals surface area contributed by atoms with Crippen LogP contribution in [0.1, 0.15) is 0 Å². The molecule has 11 nitrogen and oxygen atoms in total. The number of hydrogen-bond acceptors (Lipinski definition) is 11. The van der Waals surface area contributed by atoms with Crippen LogP contribution in [0.25, 0.3) is 27.6 Å². The van der Waals surface area contributed by atoms with Crippen LogP contribution in [0, 0.1) is 5.82 Å². The van der Waals surface area contributed by atoms with E-state index in [9.17, 15) is 9.18 Å². The molecule has 1 aliphatic rings. The Morgan fingerprint density at radius 2 is 2.00 bits per heavy atom. The van der Waals surface area contributed by atoms with E-state index < -0.39 is 0 Å². The van der Waals surface area contributed by atoms with Crippen LogP contribution in [0.15, 0.2) is 45.8 Å². The van der Waals surface area contributed by atoms with Crippen molar-refractivity contribution in [1.29, 1.82) is 0 Å². The van der Waals surface area contributed by atoms with Crippen molar-refractivity contribution in [2.24, 2.45) is 0 Å². The summed E-state index contributed by atoms with van der Waals surface area (Å²) < 4.78 is 29.5. The molecule has 0 bridgehead atoms. The lowest BCUT2D eigenvalue weighted by molar-refractivity contribution is 0.248. The Labute approximate surface area is 231 Å². The first-order valence-electron chi connectivity index (χ1n) is 12.5. The molecule has 0 radical (unpaired) electrons. The first kappa shape index (κ1) is 25.6. The smallest absolute Gasteiger partial charge is 0.309 e. The molecule has 4 aromatic heterocycles. The number of thiazole rings is 1. The molecule has 1 fully saturated rings. The minimum Gasteiger partial charge on any atom is -0.493 e. The van der Waals surface area contributed by atoms with Crippen molar-refractivity contribution in [1.82, 2.24) is 29.0 Å². The zero-order valence-electron chi connectivity index (χ0n) is 21.2. The highest BCUT2D eigenvalue weighted by atomic mass is 32.2. The monoisotopic (exact) mass is 570 g/mol. The summed E-state index contributed by atoms with van der Waals surface area (Å²) in [5.74, 6) is 2.16. The maximum atomic E-state index is 14.8. The Morgan fingerprint density at radius 1 is 1.15 bits per heavy atom. The van der Waals surface area contributed by atoms with Crippen molar-refractivity contribution < 1.29 is 13.5 Å². The molecule has 0 saturated carbocycles. The molecule has 0 spiro atoms. The lowest BCUT2D eigenvalue weighted by Crippen LogP contribution is -2.47. The molecule has 0 aliphatic carbocycles. The number of fused-ring (bicyclic) bond motifs is 3. The van der Waals surface area contributed by atoms with Crippen LogP contribution in [-0.2, 0) is 6.54 Å². The fourth-order valence-electron chi connectivity index (χ4n) is 4.67. The predicted molar refractivity (Wildman–Crippen MR) is 151 cm³/mol. The van der Waals surface area contributed by atoms with Crippen LogP contribution in [0.5, 0.6) is 5.75 Å². The fourth-order valence-corrected chi connectivity index (χ4v) is 5.85. The molecule has 1 saturated heterocycles. The van der Waals surface area contributed by atoms with E-state index in [1.807, 2.05) is 17.2 Å². The van der Waals surface area contributed by atoms with Crippen molar-refractivity contribution in [3.8, 4) is 17.3 Å². The lowest BCUT2D eigenvalue weighted by Gasteiger charge is -2.36. The summed E-state index contributed by atoms with van der Waals surface area (Å²) in [7, 11) is 0. The third kappa shape index (κ3) is 5.06. The molecular formula is C25H27FN8O3S2. The van der Waals surface area contributed by atoms with Crippen LogP contribution in [0.3, 0.4) is 0 Å². The van der Waals surface area contributed by atoms with E-state index in [1.165, 1.54) is 10.6 Å². The number of thioether (sulfide) groups is 1. The summed E-state index contributed by atoms with van der Waals surface area (Å²) in [6.45, 7) is 4.53. The van der Waals surface area contributed by atoms with Gasteiger partial charge in [0, 0.05) is 51.1 Å².